The summed E-state index contributed by atoms with van der Waals surface area (Å²) in [5, 5.41) is 11.3. The van der Waals surface area contributed by atoms with Crippen LogP contribution in [0.5, 0.6) is 11.5 Å². The summed E-state index contributed by atoms with van der Waals surface area (Å²) in [5.74, 6) is -1.54. The number of aliphatic carboxylic acids is 1. The van der Waals surface area contributed by atoms with Gasteiger partial charge in [-0.1, -0.05) is 6.07 Å². The molecule has 0 aromatic heterocycles. The molecule has 2 atom stereocenters. The number of guanidine groups is 1. The molecular weight excluding hydrogens is 404 g/mol. The molecule has 1 amide bonds. The van der Waals surface area contributed by atoms with E-state index in [0.29, 0.717) is 22.7 Å². The number of esters is 1. The van der Waals surface area contributed by atoms with Crippen LogP contribution in [-0.2, 0) is 9.59 Å². The van der Waals surface area contributed by atoms with Gasteiger partial charge in [0.2, 0.25) is 5.91 Å². The third-order valence-corrected chi connectivity index (χ3v) is 4.62. The molecule has 162 valence electrons. The second-order valence-corrected chi connectivity index (χ2v) is 7.01. The molecule has 6 N–H and O–H groups in total. The molecule has 1 aliphatic heterocycles. The van der Waals surface area contributed by atoms with Crippen LogP contribution >= 0.6 is 0 Å². The maximum Gasteiger partial charge on any atom is 0.343 e. The van der Waals surface area contributed by atoms with Crippen LogP contribution in [0.1, 0.15) is 35.2 Å². The maximum atomic E-state index is 12.4. The van der Waals surface area contributed by atoms with Crippen LogP contribution in [0.4, 0.5) is 5.69 Å². The number of nitrogens with one attached hydrogen (secondary N) is 1. The minimum atomic E-state index is -1.10. The van der Waals surface area contributed by atoms with Gasteiger partial charge in [-0.15, -0.1) is 0 Å². The quantitative estimate of drug-likeness (QED) is 0.222. The Morgan fingerprint density at radius 1 is 1.23 bits per heavy atom. The van der Waals surface area contributed by atoms with Crippen LogP contribution in [0.2, 0.25) is 0 Å². The second kappa shape index (κ2) is 9.16. The van der Waals surface area contributed by atoms with E-state index in [-0.39, 0.29) is 30.8 Å². The third-order valence-electron chi connectivity index (χ3n) is 4.62. The zero-order valence-electron chi connectivity index (χ0n) is 16.7. The number of ether oxygens (including phenoxy) is 2. The van der Waals surface area contributed by atoms with Crippen LogP contribution in [0.25, 0.3) is 0 Å². The first-order chi connectivity index (χ1) is 14.7. The standard InChI is InChI=1S/C21H22N4O6/c1-11(19(27)28)24-18(26)8-13-10-30-17-9-15(6-7-16(13)17)31-20(29)12-2-4-14(5-3-12)25-21(22)23/h2-7,9,11,13H,8,10H2,1H3,(H,24,26)(H,27,28)(H4,22,23,25)/t11-,13-/m1/s1. The third kappa shape index (κ3) is 5.50. The van der Waals surface area contributed by atoms with E-state index in [9.17, 15) is 14.4 Å². The average Bonchev–Trinajstić information content (AvgIpc) is 3.09. The maximum absolute atomic E-state index is 12.4. The lowest BCUT2D eigenvalue weighted by molar-refractivity contribution is -0.141. The number of amides is 1. The second-order valence-electron chi connectivity index (χ2n) is 7.01. The van der Waals surface area contributed by atoms with E-state index in [2.05, 4.69) is 10.3 Å². The Morgan fingerprint density at radius 2 is 1.94 bits per heavy atom. The van der Waals surface area contributed by atoms with E-state index in [0.717, 1.165) is 5.56 Å². The molecule has 0 saturated heterocycles. The highest BCUT2D eigenvalue weighted by Gasteiger charge is 2.28. The molecule has 10 nitrogen and oxygen atoms in total. The summed E-state index contributed by atoms with van der Waals surface area (Å²) in [6.45, 7) is 1.67. The van der Waals surface area contributed by atoms with Crippen molar-refractivity contribution in [3.63, 3.8) is 0 Å². The van der Waals surface area contributed by atoms with E-state index in [4.69, 9.17) is 26.0 Å². The largest absolute Gasteiger partial charge is 0.492 e. The Kier molecular flexibility index (Phi) is 6.39. The van der Waals surface area contributed by atoms with Crippen LogP contribution in [0.15, 0.2) is 47.5 Å². The fourth-order valence-corrected chi connectivity index (χ4v) is 3.06. The normalized spacial score (nSPS) is 15.2. The predicted molar refractivity (Wildman–Crippen MR) is 111 cm³/mol. The number of rotatable bonds is 7. The monoisotopic (exact) mass is 426 g/mol. The molecular formula is C21H22N4O6. The number of hydrogen-bond acceptors (Lipinski definition) is 6. The Labute approximate surface area is 177 Å². The van der Waals surface area contributed by atoms with Crippen molar-refractivity contribution < 1.29 is 29.0 Å². The van der Waals surface area contributed by atoms with Crippen molar-refractivity contribution in [1.82, 2.24) is 5.32 Å². The van der Waals surface area contributed by atoms with Crippen molar-refractivity contribution >= 4 is 29.5 Å². The number of nitrogens with two attached hydrogens (primary N) is 2. The highest BCUT2D eigenvalue weighted by Crippen LogP contribution is 2.38. The van der Waals surface area contributed by atoms with Gasteiger partial charge in [0.1, 0.15) is 17.5 Å². The van der Waals surface area contributed by atoms with E-state index >= 15 is 0 Å². The zero-order chi connectivity index (χ0) is 22.5. The highest BCUT2D eigenvalue weighted by molar-refractivity contribution is 5.91. The van der Waals surface area contributed by atoms with Crippen molar-refractivity contribution in [2.75, 3.05) is 6.61 Å². The first-order valence-electron chi connectivity index (χ1n) is 9.43. The number of carbonyl (C=O) groups is 3. The summed E-state index contributed by atoms with van der Waals surface area (Å²) in [6, 6.07) is 10.2. The molecule has 3 rings (SSSR count). The van der Waals surface area contributed by atoms with Gasteiger partial charge in [-0.25, -0.2) is 9.79 Å². The molecule has 0 radical (unpaired) electrons. The Balaban J connectivity index is 1.63. The number of nitrogens with zero attached hydrogens (tertiary/aromatic N) is 1. The molecule has 31 heavy (non-hydrogen) atoms. The van der Waals surface area contributed by atoms with Crippen molar-refractivity contribution in [3.05, 3.63) is 53.6 Å². The number of carboxylic acids is 1. The molecule has 0 bridgehead atoms. The van der Waals surface area contributed by atoms with Crippen LogP contribution in [-0.4, -0.2) is 41.6 Å². The Morgan fingerprint density at radius 3 is 2.58 bits per heavy atom. The van der Waals surface area contributed by atoms with Gasteiger partial charge in [-0.2, -0.15) is 0 Å². The van der Waals surface area contributed by atoms with Crippen molar-refractivity contribution in [2.24, 2.45) is 16.5 Å². The summed E-state index contributed by atoms with van der Waals surface area (Å²) in [4.78, 5) is 39.2. The minimum absolute atomic E-state index is 0.0827. The first-order valence-corrected chi connectivity index (χ1v) is 9.43. The molecule has 1 heterocycles. The molecule has 10 heteroatoms. The van der Waals surface area contributed by atoms with Gasteiger partial charge in [0.05, 0.1) is 17.9 Å². The number of carboxylic acid groups (broad SMARTS) is 1. The SMILES string of the molecule is C[C@@H](NC(=O)C[C@@H]1COc2cc(OC(=O)c3ccc(N=C(N)N)cc3)ccc21)C(=O)O. The van der Waals surface area contributed by atoms with Gasteiger partial charge in [-0.3, -0.25) is 9.59 Å². The van der Waals surface area contributed by atoms with Gasteiger partial charge in [0, 0.05) is 24.0 Å². The van der Waals surface area contributed by atoms with Gasteiger partial charge in [0.15, 0.2) is 5.96 Å². The predicted octanol–water partition coefficient (Wildman–Crippen LogP) is 1.27. The van der Waals surface area contributed by atoms with Gasteiger partial charge in [0.25, 0.3) is 0 Å². The highest BCUT2D eigenvalue weighted by atomic mass is 16.5. The van der Waals surface area contributed by atoms with Gasteiger partial charge in [-0.05, 0) is 37.3 Å². The van der Waals surface area contributed by atoms with Gasteiger partial charge >= 0.3 is 11.9 Å². The fraction of sp³-hybridized carbons (Fsp3) is 0.238. The lowest BCUT2D eigenvalue weighted by Crippen LogP contribution is -2.38. The van der Waals surface area contributed by atoms with Crippen molar-refractivity contribution in [2.45, 2.75) is 25.3 Å². The lowest BCUT2D eigenvalue weighted by Gasteiger charge is -2.12. The minimum Gasteiger partial charge on any atom is -0.492 e. The van der Waals surface area contributed by atoms with Gasteiger partial charge < -0.3 is 31.4 Å². The summed E-state index contributed by atoms with van der Waals surface area (Å²) in [7, 11) is 0. The summed E-state index contributed by atoms with van der Waals surface area (Å²) in [6.07, 6.45) is 0.0892. The van der Waals surface area contributed by atoms with Crippen LogP contribution in [0, 0.1) is 0 Å². The number of aliphatic imine (C=N–C) groups is 1. The molecule has 0 unspecified atom stereocenters. The molecule has 0 saturated carbocycles. The van der Waals surface area contributed by atoms with E-state index in [1.54, 1.807) is 42.5 Å². The topological polar surface area (TPSA) is 166 Å². The zero-order valence-corrected chi connectivity index (χ0v) is 16.7. The van der Waals surface area contributed by atoms with Crippen LogP contribution in [0.3, 0.4) is 0 Å². The average molecular weight is 426 g/mol. The number of carbonyl (C=O) groups excluding carboxylic acids is 2. The molecule has 0 fully saturated rings. The smallest absolute Gasteiger partial charge is 0.343 e. The molecule has 1 aliphatic rings. The molecule has 0 spiro atoms. The van der Waals surface area contributed by atoms with E-state index in [1.165, 1.54) is 6.92 Å². The summed E-state index contributed by atoms with van der Waals surface area (Å²) in [5.41, 5.74) is 12.3. The number of hydrogen-bond donors (Lipinski definition) is 4. The van der Waals surface area contributed by atoms with Crippen molar-refractivity contribution in [1.29, 1.82) is 0 Å². The lowest BCUT2D eigenvalue weighted by atomic mass is 9.97. The van der Waals surface area contributed by atoms with Crippen LogP contribution < -0.4 is 26.3 Å². The number of benzene rings is 2. The first kappa shape index (κ1) is 21.6. The van der Waals surface area contributed by atoms with E-state index in [1.807, 2.05) is 0 Å². The fourth-order valence-electron chi connectivity index (χ4n) is 3.06. The summed E-state index contributed by atoms with van der Waals surface area (Å²) < 4.78 is 11.0. The molecule has 0 aliphatic carbocycles. The molecule has 2 aromatic rings. The van der Waals surface area contributed by atoms with E-state index < -0.39 is 18.0 Å². The molecule has 2 aromatic carbocycles. The van der Waals surface area contributed by atoms with Crippen molar-refractivity contribution in [3.8, 4) is 11.5 Å². The Hall–Kier alpha value is -4.08. The number of fused-ring (bicyclic) bond motifs is 1. The Bertz CT molecular complexity index is 1030. The summed E-state index contributed by atoms with van der Waals surface area (Å²) >= 11 is 0.